The number of rotatable bonds is 4. The van der Waals surface area contributed by atoms with Crippen molar-refractivity contribution in [3.05, 3.63) is 33.8 Å². The standard InChI is InChI=1S/C16H18Cl2N2O4/c1-19(15(22)11-6-12(17)8-13(18)7-11)9-14(21)20-4-2-10(3-5-20)16(23)24/h6-8,10H,2-5,9H2,1H3,(H,23,24). The molecule has 0 aliphatic carbocycles. The van der Waals surface area contributed by atoms with Crippen LogP contribution >= 0.6 is 23.2 Å². The van der Waals surface area contributed by atoms with Gasteiger partial charge in [-0.3, -0.25) is 14.4 Å². The highest BCUT2D eigenvalue weighted by Crippen LogP contribution is 2.20. The number of carbonyl (C=O) groups is 3. The van der Waals surface area contributed by atoms with Crippen LogP contribution in [0.1, 0.15) is 23.2 Å². The lowest BCUT2D eigenvalue weighted by atomic mass is 9.97. The molecule has 0 unspecified atom stereocenters. The number of halogens is 2. The number of likely N-dealkylation sites (tertiary alicyclic amines) is 1. The summed E-state index contributed by atoms with van der Waals surface area (Å²) in [6.07, 6.45) is 0.866. The first-order valence-corrected chi connectivity index (χ1v) is 8.25. The summed E-state index contributed by atoms with van der Waals surface area (Å²) in [4.78, 5) is 38.5. The fraction of sp³-hybridized carbons (Fsp3) is 0.438. The van der Waals surface area contributed by atoms with E-state index in [1.165, 1.54) is 30.1 Å². The fourth-order valence-corrected chi connectivity index (χ4v) is 3.17. The second kappa shape index (κ2) is 7.85. The average Bonchev–Trinajstić information content (AvgIpc) is 2.53. The molecule has 6 nitrogen and oxygen atoms in total. The maximum atomic E-state index is 12.4. The van der Waals surface area contributed by atoms with Crippen LogP contribution in [0, 0.1) is 5.92 Å². The quantitative estimate of drug-likeness (QED) is 0.879. The summed E-state index contributed by atoms with van der Waals surface area (Å²) in [5.74, 6) is -1.79. The Balaban J connectivity index is 1.94. The van der Waals surface area contributed by atoms with E-state index in [0.717, 1.165) is 0 Å². The molecule has 1 N–H and O–H groups in total. The van der Waals surface area contributed by atoms with Crippen molar-refractivity contribution < 1.29 is 19.5 Å². The normalized spacial score (nSPS) is 15.2. The van der Waals surface area contributed by atoms with Crippen molar-refractivity contribution in [1.29, 1.82) is 0 Å². The van der Waals surface area contributed by atoms with Gasteiger partial charge in [0.1, 0.15) is 0 Å². The lowest BCUT2D eigenvalue weighted by Gasteiger charge is -2.31. The van der Waals surface area contributed by atoms with Crippen molar-refractivity contribution in [3.63, 3.8) is 0 Å². The van der Waals surface area contributed by atoms with Gasteiger partial charge in [-0.1, -0.05) is 23.2 Å². The van der Waals surface area contributed by atoms with Gasteiger partial charge in [0.2, 0.25) is 5.91 Å². The Morgan fingerprint density at radius 3 is 2.21 bits per heavy atom. The zero-order valence-corrected chi connectivity index (χ0v) is 14.7. The van der Waals surface area contributed by atoms with E-state index in [1.54, 1.807) is 4.90 Å². The highest BCUT2D eigenvalue weighted by molar-refractivity contribution is 6.35. The van der Waals surface area contributed by atoms with Gasteiger partial charge >= 0.3 is 5.97 Å². The van der Waals surface area contributed by atoms with Crippen LogP contribution in [-0.4, -0.2) is 59.4 Å². The lowest BCUT2D eigenvalue weighted by Crippen LogP contribution is -2.45. The molecule has 24 heavy (non-hydrogen) atoms. The molecule has 1 aromatic rings. The molecule has 0 radical (unpaired) electrons. The third-order valence-corrected chi connectivity index (χ3v) is 4.46. The molecule has 130 valence electrons. The van der Waals surface area contributed by atoms with Gasteiger partial charge in [-0.25, -0.2) is 0 Å². The molecule has 2 amide bonds. The van der Waals surface area contributed by atoms with Gasteiger partial charge in [0, 0.05) is 35.7 Å². The van der Waals surface area contributed by atoms with Crippen LogP contribution in [0.15, 0.2) is 18.2 Å². The molecular weight excluding hydrogens is 355 g/mol. The molecule has 1 fully saturated rings. The molecular formula is C16H18Cl2N2O4. The first-order valence-electron chi connectivity index (χ1n) is 7.50. The van der Waals surface area contributed by atoms with Gasteiger partial charge < -0.3 is 14.9 Å². The zero-order valence-electron chi connectivity index (χ0n) is 13.2. The molecule has 0 atom stereocenters. The maximum Gasteiger partial charge on any atom is 0.306 e. The topological polar surface area (TPSA) is 77.9 Å². The number of nitrogens with zero attached hydrogens (tertiary/aromatic N) is 2. The molecule has 1 aliphatic heterocycles. The number of piperidine rings is 1. The Morgan fingerprint density at radius 2 is 1.71 bits per heavy atom. The Morgan fingerprint density at radius 1 is 1.17 bits per heavy atom. The Labute approximate surface area is 149 Å². The number of hydrogen-bond acceptors (Lipinski definition) is 3. The summed E-state index contributed by atoms with van der Waals surface area (Å²) in [6, 6.07) is 4.52. The minimum absolute atomic E-state index is 0.0826. The SMILES string of the molecule is CN(CC(=O)N1CCC(C(=O)O)CC1)C(=O)c1cc(Cl)cc(Cl)c1. The van der Waals surface area contributed by atoms with Gasteiger partial charge in [0.15, 0.2) is 0 Å². The minimum Gasteiger partial charge on any atom is -0.481 e. The van der Waals surface area contributed by atoms with Crippen LogP contribution in [0.25, 0.3) is 0 Å². The number of amides is 2. The lowest BCUT2D eigenvalue weighted by molar-refractivity contribution is -0.145. The highest BCUT2D eigenvalue weighted by atomic mass is 35.5. The molecule has 0 aromatic heterocycles. The molecule has 0 bridgehead atoms. The summed E-state index contributed by atoms with van der Waals surface area (Å²) in [6.45, 7) is 0.697. The zero-order chi connectivity index (χ0) is 17.9. The van der Waals surface area contributed by atoms with E-state index < -0.39 is 11.9 Å². The second-order valence-corrected chi connectivity index (χ2v) is 6.69. The van der Waals surface area contributed by atoms with Crippen LogP contribution in [0.5, 0.6) is 0 Å². The van der Waals surface area contributed by atoms with Crippen LogP contribution in [0.3, 0.4) is 0 Å². The molecule has 1 aliphatic rings. The molecule has 2 rings (SSSR count). The van der Waals surface area contributed by atoms with Crippen molar-refractivity contribution in [2.24, 2.45) is 5.92 Å². The van der Waals surface area contributed by atoms with E-state index >= 15 is 0 Å². The predicted molar refractivity (Wildman–Crippen MR) is 90.4 cm³/mol. The Bertz CT molecular complexity index is 637. The number of carboxylic acid groups (broad SMARTS) is 1. The van der Waals surface area contributed by atoms with Crippen LogP contribution < -0.4 is 0 Å². The van der Waals surface area contributed by atoms with Crippen molar-refractivity contribution in [2.75, 3.05) is 26.7 Å². The van der Waals surface area contributed by atoms with Crippen LogP contribution in [0.2, 0.25) is 10.0 Å². The fourth-order valence-electron chi connectivity index (χ4n) is 2.65. The number of carboxylic acids is 1. The van der Waals surface area contributed by atoms with E-state index in [0.29, 0.717) is 41.5 Å². The third kappa shape index (κ3) is 4.61. The Hall–Kier alpha value is -1.79. The average molecular weight is 373 g/mol. The van der Waals surface area contributed by atoms with Crippen molar-refractivity contribution in [1.82, 2.24) is 9.80 Å². The molecule has 1 saturated heterocycles. The van der Waals surface area contributed by atoms with Crippen molar-refractivity contribution in [3.8, 4) is 0 Å². The van der Waals surface area contributed by atoms with E-state index in [9.17, 15) is 14.4 Å². The van der Waals surface area contributed by atoms with E-state index in [-0.39, 0.29) is 18.4 Å². The van der Waals surface area contributed by atoms with E-state index in [2.05, 4.69) is 0 Å². The second-order valence-electron chi connectivity index (χ2n) is 5.81. The number of hydrogen-bond donors (Lipinski definition) is 1. The number of benzene rings is 1. The first-order chi connectivity index (χ1) is 11.3. The summed E-state index contributed by atoms with van der Waals surface area (Å²) in [7, 11) is 1.53. The van der Waals surface area contributed by atoms with Gasteiger partial charge in [-0.2, -0.15) is 0 Å². The van der Waals surface area contributed by atoms with Gasteiger partial charge in [-0.15, -0.1) is 0 Å². The predicted octanol–water partition coefficient (Wildman–Crippen LogP) is 2.39. The summed E-state index contributed by atoms with van der Waals surface area (Å²) in [5.41, 5.74) is 0.312. The minimum atomic E-state index is -0.827. The number of carbonyl (C=O) groups excluding carboxylic acids is 2. The highest BCUT2D eigenvalue weighted by Gasteiger charge is 2.28. The molecule has 1 heterocycles. The monoisotopic (exact) mass is 372 g/mol. The first kappa shape index (κ1) is 18.5. The molecule has 8 heteroatoms. The molecule has 0 spiro atoms. The summed E-state index contributed by atoms with van der Waals surface area (Å²) in [5, 5.41) is 9.67. The van der Waals surface area contributed by atoms with Crippen molar-refractivity contribution in [2.45, 2.75) is 12.8 Å². The van der Waals surface area contributed by atoms with E-state index in [1.807, 2.05) is 0 Å². The third-order valence-electron chi connectivity index (χ3n) is 4.03. The Kier molecular flexibility index (Phi) is 6.07. The van der Waals surface area contributed by atoms with E-state index in [4.69, 9.17) is 28.3 Å². The molecule has 0 saturated carbocycles. The van der Waals surface area contributed by atoms with Crippen molar-refractivity contribution >= 4 is 41.0 Å². The smallest absolute Gasteiger partial charge is 0.306 e. The number of likely N-dealkylation sites (N-methyl/N-ethyl adjacent to an activating group) is 1. The largest absolute Gasteiger partial charge is 0.481 e. The van der Waals surface area contributed by atoms with Gasteiger partial charge in [0.05, 0.1) is 12.5 Å². The van der Waals surface area contributed by atoms with Crippen LogP contribution in [-0.2, 0) is 9.59 Å². The van der Waals surface area contributed by atoms with Gasteiger partial charge in [-0.05, 0) is 31.0 Å². The number of aliphatic carboxylic acids is 1. The summed E-state index contributed by atoms with van der Waals surface area (Å²) >= 11 is 11.8. The molecule has 1 aromatic carbocycles. The summed E-state index contributed by atoms with van der Waals surface area (Å²) < 4.78 is 0. The maximum absolute atomic E-state index is 12.4. The van der Waals surface area contributed by atoms with Crippen LogP contribution in [0.4, 0.5) is 0 Å². The van der Waals surface area contributed by atoms with Gasteiger partial charge in [0.25, 0.3) is 5.91 Å².